The van der Waals surface area contributed by atoms with Gasteiger partial charge in [0.2, 0.25) is 5.91 Å². The molecule has 0 saturated carbocycles. The minimum Gasteiger partial charge on any atom is -0.444 e. The summed E-state index contributed by atoms with van der Waals surface area (Å²) in [5, 5.41) is 3.04. The summed E-state index contributed by atoms with van der Waals surface area (Å²) >= 11 is 0. The van der Waals surface area contributed by atoms with E-state index >= 15 is 0 Å². The summed E-state index contributed by atoms with van der Waals surface area (Å²) in [6.07, 6.45) is 1.03. The van der Waals surface area contributed by atoms with Gasteiger partial charge < -0.3 is 19.5 Å². The number of piperidine rings is 1. The highest BCUT2D eigenvalue weighted by Crippen LogP contribution is 2.20. The van der Waals surface area contributed by atoms with Crippen molar-refractivity contribution >= 4 is 23.0 Å². The van der Waals surface area contributed by atoms with E-state index < -0.39 is 5.60 Å². The van der Waals surface area contributed by atoms with Crippen LogP contribution in [0.25, 0.3) is 11.0 Å². The number of fused-ring (bicyclic) bond motifs is 1. The van der Waals surface area contributed by atoms with E-state index in [9.17, 15) is 9.59 Å². The minimum atomic E-state index is -0.499. The van der Waals surface area contributed by atoms with Crippen LogP contribution < -0.4 is 5.32 Å². The maximum Gasteiger partial charge on any atom is 0.410 e. The number of ether oxygens (including phenoxy) is 1. The number of para-hydroxylation sites is 2. The number of rotatable bonds is 4. The second-order valence-corrected chi connectivity index (χ2v) is 8.33. The Kier molecular flexibility index (Phi) is 5.91. The van der Waals surface area contributed by atoms with E-state index in [2.05, 4.69) is 14.9 Å². The lowest BCUT2D eigenvalue weighted by molar-refractivity contribution is -0.126. The Bertz CT molecular complexity index is 845. The van der Waals surface area contributed by atoms with Crippen molar-refractivity contribution in [2.75, 3.05) is 19.6 Å². The van der Waals surface area contributed by atoms with Gasteiger partial charge in [0.15, 0.2) is 0 Å². The first kappa shape index (κ1) is 20.2. The van der Waals surface area contributed by atoms with Gasteiger partial charge >= 0.3 is 6.09 Å². The normalized spacial score (nSPS) is 15.6. The Morgan fingerprint density at radius 2 is 1.89 bits per heavy atom. The van der Waals surface area contributed by atoms with Crippen molar-refractivity contribution in [2.24, 2.45) is 5.92 Å². The molecule has 2 aromatic rings. The molecule has 0 unspecified atom stereocenters. The SMILES string of the molecule is Cc1nc2ccccc2n1CCNC(=O)C1CCN(C(=O)OC(C)(C)C)CC1. The Hall–Kier alpha value is -2.57. The molecule has 1 aromatic heterocycles. The average Bonchev–Trinajstić information content (AvgIpc) is 2.96. The largest absolute Gasteiger partial charge is 0.444 e. The van der Waals surface area contributed by atoms with Gasteiger partial charge in [-0.2, -0.15) is 0 Å². The first-order chi connectivity index (χ1) is 13.2. The van der Waals surface area contributed by atoms with Crippen molar-refractivity contribution in [1.82, 2.24) is 19.8 Å². The van der Waals surface area contributed by atoms with Crippen molar-refractivity contribution in [3.05, 3.63) is 30.1 Å². The Labute approximate surface area is 166 Å². The van der Waals surface area contributed by atoms with Crippen LogP contribution in [-0.2, 0) is 16.1 Å². The Morgan fingerprint density at radius 1 is 1.21 bits per heavy atom. The standard InChI is InChI=1S/C21H30N4O3/c1-15-23-17-7-5-6-8-18(17)25(15)14-11-22-19(26)16-9-12-24(13-10-16)20(27)28-21(2,3)4/h5-8,16H,9-14H2,1-4H3,(H,22,26). The molecular weight excluding hydrogens is 356 g/mol. The Balaban J connectivity index is 1.46. The molecular formula is C21H30N4O3. The van der Waals surface area contributed by atoms with Crippen LogP contribution in [0.4, 0.5) is 4.79 Å². The number of benzene rings is 1. The maximum absolute atomic E-state index is 12.5. The number of imidazole rings is 1. The average molecular weight is 386 g/mol. The number of nitrogens with one attached hydrogen (secondary N) is 1. The van der Waals surface area contributed by atoms with Crippen LogP contribution in [0.5, 0.6) is 0 Å². The van der Waals surface area contributed by atoms with Crippen LogP contribution in [0.1, 0.15) is 39.4 Å². The quantitative estimate of drug-likeness (QED) is 0.876. The lowest BCUT2D eigenvalue weighted by Gasteiger charge is -2.32. The van der Waals surface area contributed by atoms with Gasteiger partial charge in [0.1, 0.15) is 11.4 Å². The molecule has 3 rings (SSSR count). The van der Waals surface area contributed by atoms with Crippen molar-refractivity contribution in [3.8, 4) is 0 Å². The number of amides is 2. The van der Waals surface area contributed by atoms with Gasteiger partial charge in [0.25, 0.3) is 0 Å². The number of carbonyl (C=O) groups is 2. The monoisotopic (exact) mass is 386 g/mol. The van der Waals surface area contributed by atoms with Gasteiger partial charge in [-0.25, -0.2) is 9.78 Å². The molecule has 1 aliphatic heterocycles. The minimum absolute atomic E-state index is 0.0562. The second kappa shape index (κ2) is 8.20. The molecule has 1 fully saturated rings. The van der Waals surface area contributed by atoms with Gasteiger partial charge in [-0.05, 0) is 52.7 Å². The molecule has 0 radical (unpaired) electrons. The molecule has 7 nitrogen and oxygen atoms in total. The lowest BCUT2D eigenvalue weighted by Crippen LogP contribution is -2.45. The van der Waals surface area contributed by atoms with E-state index in [4.69, 9.17) is 4.74 Å². The molecule has 1 aliphatic rings. The van der Waals surface area contributed by atoms with Crippen LogP contribution in [0.3, 0.4) is 0 Å². The van der Waals surface area contributed by atoms with Crippen LogP contribution in [0, 0.1) is 12.8 Å². The molecule has 28 heavy (non-hydrogen) atoms. The number of likely N-dealkylation sites (tertiary alicyclic amines) is 1. The molecule has 0 spiro atoms. The van der Waals surface area contributed by atoms with Crippen LogP contribution in [0.15, 0.2) is 24.3 Å². The third-order valence-corrected chi connectivity index (χ3v) is 5.00. The van der Waals surface area contributed by atoms with Gasteiger partial charge in [-0.15, -0.1) is 0 Å². The van der Waals surface area contributed by atoms with Crippen molar-refractivity contribution < 1.29 is 14.3 Å². The van der Waals surface area contributed by atoms with Crippen LogP contribution in [0.2, 0.25) is 0 Å². The fourth-order valence-electron chi connectivity index (χ4n) is 3.56. The lowest BCUT2D eigenvalue weighted by atomic mass is 9.96. The first-order valence-corrected chi connectivity index (χ1v) is 9.92. The number of hydrogen-bond acceptors (Lipinski definition) is 4. The smallest absolute Gasteiger partial charge is 0.410 e. The van der Waals surface area contributed by atoms with E-state index in [0.717, 1.165) is 16.9 Å². The summed E-state index contributed by atoms with van der Waals surface area (Å²) in [6.45, 7) is 9.91. The first-order valence-electron chi connectivity index (χ1n) is 9.92. The predicted molar refractivity (Wildman–Crippen MR) is 108 cm³/mol. The molecule has 7 heteroatoms. The number of aromatic nitrogens is 2. The highest BCUT2D eigenvalue weighted by atomic mass is 16.6. The second-order valence-electron chi connectivity index (χ2n) is 8.33. The molecule has 1 saturated heterocycles. The zero-order valence-electron chi connectivity index (χ0n) is 17.2. The number of aryl methyl sites for hydroxylation is 1. The summed E-state index contributed by atoms with van der Waals surface area (Å²) in [5.74, 6) is 0.950. The number of carbonyl (C=O) groups excluding carboxylic acids is 2. The fraction of sp³-hybridized carbons (Fsp3) is 0.571. The molecule has 1 N–H and O–H groups in total. The zero-order chi connectivity index (χ0) is 20.3. The summed E-state index contributed by atoms with van der Waals surface area (Å²) in [4.78, 5) is 30.9. The van der Waals surface area contributed by atoms with Crippen molar-refractivity contribution in [3.63, 3.8) is 0 Å². The topological polar surface area (TPSA) is 76.5 Å². The third-order valence-electron chi connectivity index (χ3n) is 5.00. The van der Waals surface area contributed by atoms with E-state index in [1.54, 1.807) is 4.90 Å². The van der Waals surface area contributed by atoms with Gasteiger partial charge in [0.05, 0.1) is 11.0 Å². The molecule has 0 aliphatic carbocycles. The molecule has 2 amide bonds. The van der Waals surface area contributed by atoms with Crippen molar-refractivity contribution in [1.29, 1.82) is 0 Å². The van der Waals surface area contributed by atoms with E-state index in [1.165, 1.54) is 0 Å². The molecule has 2 heterocycles. The predicted octanol–water partition coefficient (Wildman–Crippen LogP) is 3.11. The number of nitrogens with zero attached hydrogens (tertiary/aromatic N) is 3. The zero-order valence-corrected chi connectivity index (χ0v) is 17.2. The maximum atomic E-state index is 12.5. The summed E-state index contributed by atoms with van der Waals surface area (Å²) in [5.41, 5.74) is 1.56. The fourth-order valence-corrected chi connectivity index (χ4v) is 3.56. The highest BCUT2D eigenvalue weighted by Gasteiger charge is 2.29. The van der Waals surface area contributed by atoms with Gasteiger partial charge in [-0.3, -0.25) is 4.79 Å². The third kappa shape index (κ3) is 4.82. The summed E-state index contributed by atoms with van der Waals surface area (Å²) in [6, 6.07) is 8.01. The van der Waals surface area contributed by atoms with Gasteiger partial charge in [0, 0.05) is 32.1 Å². The van der Waals surface area contributed by atoms with Crippen LogP contribution >= 0.6 is 0 Å². The van der Waals surface area contributed by atoms with E-state index in [0.29, 0.717) is 39.0 Å². The van der Waals surface area contributed by atoms with E-state index in [-0.39, 0.29) is 17.9 Å². The Morgan fingerprint density at radius 3 is 2.57 bits per heavy atom. The molecule has 0 bridgehead atoms. The van der Waals surface area contributed by atoms with E-state index in [1.807, 2.05) is 52.0 Å². The molecule has 1 aromatic carbocycles. The molecule has 0 atom stereocenters. The van der Waals surface area contributed by atoms with Crippen LogP contribution in [-0.4, -0.2) is 51.7 Å². The van der Waals surface area contributed by atoms with Crippen molar-refractivity contribution in [2.45, 2.75) is 52.7 Å². The highest BCUT2D eigenvalue weighted by molar-refractivity contribution is 5.79. The van der Waals surface area contributed by atoms with Gasteiger partial charge in [-0.1, -0.05) is 12.1 Å². The summed E-state index contributed by atoms with van der Waals surface area (Å²) < 4.78 is 7.53. The summed E-state index contributed by atoms with van der Waals surface area (Å²) in [7, 11) is 0. The number of hydrogen-bond donors (Lipinski definition) is 1. The molecule has 152 valence electrons.